The fourth-order valence-corrected chi connectivity index (χ4v) is 3.90. The van der Waals surface area contributed by atoms with Gasteiger partial charge in [-0.05, 0) is 25.8 Å². The zero-order valence-corrected chi connectivity index (χ0v) is 14.6. The van der Waals surface area contributed by atoms with Crippen LogP contribution in [-0.2, 0) is 11.3 Å². The number of rotatable bonds is 5. The number of aryl methyl sites for hydroxylation is 1. The number of carbonyl (C=O) groups is 2. The monoisotopic (exact) mass is 348 g/mol. The number of aromatic nitrogens is 1. The average Bonchev–Trinajstić information content (AvgIpc) is 3.31. The standard InChI is InChI=1S/C17H20N2O4S/c1-10-13(17(21)22-2)7-12(23-10)8-18-16(20)15-14(19-9-24-15)11-5-3-4-6-11/h7,9,11H,3-6,8H2,1-2H3,(H,18,20). The van der Waals surface area contributed by atoms with Crippen LogP contribution < -0.4 is 5.32 Å². The minimum atomic E-state index is -0.445. The number of nitrogens with zero attached hydrogens (tertiary/aromatic N) is 1. The van der Waals surface area contributed by atoms with E-state index >= 15 is 0 Å². The molecule has 2 aromatic rings. The van der Waals surface area contributed by atoms with E-state index in [2.05, 4.69) is 10.3 Å². The maximum Gasteiger partial charge on any atom is 0.341 e. The van der Waals surface area contributed by atoms with Crippen LogP contribution >= 0.6 is 11.3 Å². The molecule has 0 radical (unpaired) electrons. The van der Waals surface area contributed by atoms with Gasteiger partial charge in [0.25, 0.3) is 5.91 Å². The van der Waals surface area contributed by atoms with E-state index in [1.165, 1.54) is 31.3 Å². The van der Waals surface area contributed by atoms with Gasteiger partial charge in [-0.25, -0.2) is 9.78 Å². The summed E-state index contributed by atoms with van der Waals surface area (Å²) >= 11 is 1.37. The Hall–Kier alpha value is -2.15. The Morgan fingerprint density at radius 2 is 2.17 bits per heavy atom. The van der Waals surface area contributed by atoms with Crippen LogP contribution in [0.15, 0.2) is 16.0 Å². The smallest absolute Gasteiger partial charge is 0.341 e. The van der Waals surface area contributed by atoms with Gasteiger partial charge in [-0.15, -0.1) is 11.3 Å². The van der Waals surface area contributed by atoms with Crippen LogP contribution in [0.5, 0.6) is 0 Å². The summed E-state index contributed by atoms with van der Waals surface area (Å²) in [7, 11) is 1.32. The highest BCUT2D eigenvalue weighted by molar-refractivity contribution is 7.11. The van der Waals surface area contributed by atoms with Crippen LogP contribution in [0.3, 0.4) is 0 Å². The Bertz CT molecular complexity index is 744. The first-order chi connectivity index (χ1) is 11.6. The molecule has 1 saturated carbocycles. The van der Waals surface area contributed by atoms with Gasteiger partial charge in [-0.3, -0.25) is 4.79 Å². The van der Waals surface area contributed by atoms with Gasteiger partial charge in [0.15, 0.2) is 0 Å². The molecule has 24 heavy (non-hydrogen) atoms. The first-order valence-corrected chi connectivity index (χ1v) is 8.87. The van der Waals surface area contributed by atoms with Gasteiger partial charge in [0.2, 0.25) is 0 Å². The Kier molecular flexibility index (Phi) is 4.99. The molecule has 1 aliphatic carbocycles. The van der Waals surface area contributed by atoms with E-state index in [0.717, 1.165) is 18.5 Å². The molecule has 2 heterocycles. The SMILES string of the molecule is COC(=O)c1cc(CNC(=O)c2scnc2C2CCCC2)oc1C. The zero-order valence-electron chi connectivity index (χ0n) is 13.8. The first-order valence-electron chi connectivity index (χ1n) is 7.99. The lowest BCUT2D eigenvalue weighted by molar-refractivity contribution is 0.0598. The number of furan rings is 1. The molecule has 3 rings (SSSR count). The van der Waals surface area contributed by atoms with E-state index in [9.17, 15) is 9.59 Å². The fourth-order valence-electron chi connectivity index (χ4n) is 3.11. The van der Waals surface area contributed by atoms with Crippen LogP contribution in [0.4, 0.5) is 0 Å². The topological polar surface area (TPSA) is 81.4 Å². The Labute approximate surface area is 144 Å². The van der Waals surface area contributed by atoms with Crippen molar-refractivity contribution in [2.24, 2.45) is 0 Å². The predicted octanol–water partition coefficient (Wildman–Crippen LogP) is 3.42. The number of esters is 1. The van der Waals surface area contributed by atoms with Crippen LogP contribution in [0.2, 0.25) is 0 Å². The van der Waals surface area contributed by atoms with Crippen molar-refractivity contribution in [3.8, 4) is 0 Å². The number of hydrogen-bond acceptors (Lipinski definition) is 6. The molecule has 0 unspecified atom stereocenters. The maximum absolute atomic E-state index is 12.5. The Morgan fingerprint density at radius 3 is 2.88 bits per heavy atom. The van der Waals surface area contributed by atoms with E-state index in [4.69, 9.17) is 9.15 Å². The number of amides is 1. The third kappa shape index (κ3) is 3.36. The second-order valence-corrected chi connectivity index (χ2v) is 6.76. The van der Waals surface area contributed by atoms with Gasteiger partial charge in [0.1, 0.15) is 22.0 Å². The maximum atomic E-state index is 12.5. The molecular formula is C17H20N2O4S. The van der Waals surface area contributed by atoms with Crippen molar-refractivity contribution in [3.05, 3.63) is 39.2 Å². The lowest BCUT2D eigenvalue weighted by Crippen LogP contribution is -2.23. The third-order valence-corrected chi connectivity index (χ3v) is 5.18. The van der Waals surface area contributed by atoms with Crippen LogP contribution in [0.25, 0.3) is 0 Å². The summed E-state index contributed by atoms with van der Waals surface area (Å²) in [6.07, 6.45) is 4.60. The summed E-state index contributed by atoms with van der Waals surface area (Å²) in [4.78, 5) is 29.1. The summed E-state index contributed by atoms with van der Waals surface area (Å²) in [5, 5.41) is 2.85. The molecule has 0 saturated heterocycles. The van der Waals surface area contributed by atoms with E-state index in [-0.39, 0.29) is 12.5 Å². The quantitative estimate of drug-likeness (QED) is 0.837. The van der Waals surface area contributed by atoms with Gasteiger partial charge >= 0.3 is 5.97 Å². The van der Waals surface area contributed by atoms with Crippen molar-refractivity contribution in [2.75, 3.05) is 7.11 Å². The lowest BCUT2D eigenvalue weighted by Gasteiger charge is -2.08. The third-order valence-electron chi connectivity index (χ3n) is 4.34. The normalized spacial score (nSPS) is 14.8. The number of thiazole rings is 1. The van der Waals surface area contributed by atoms with E-state index in [1.54, 1.807) is 18.5 Å². The van der Waals surface area contributed by atoms with Gasteiger partial charge in [0.05, 0.1) is 24.9 Å². The molecule has 1 amide bonds. The van der Waals surface area contributed by atoms with Crippen molar-refractivity contribution in [1.29, 1.82) is 0 Å². The summed E-state index contributed by atoms with van der Waals surface area (Å²) in [6.45, 7) is 1.91. The molecular weight excluding hydrogens is 328 g/mol. The average molecular weight is 348 g/mol. The molecule has 1 N–H and O–H groups in total. The van der Waals surface area contributed by atoms with Crippen molar-refractivity contribution in [3.63, 3.8) is 0 Å². The zero-order chi connectivity index (χ0) is 17.1. The fraction of sp³-hybridized carbons (Fsp3) is 0.471. The summed E-state index contributed by atoms with van der Waals surface area (Å²) in [5.74, 6) is 0.811. The molecule has 1 fully saturated rings. The molecule has 0 aromatic carbocycles. The molecule has 0 spiro atoms. The van der Waals surface area contributed by atoms with Crippen molar-refractivity contribution < 1.29 is 18.7 Å². The second-order valence-electron chi connectivity index (χ2n) is 5.90. The number of nitrogens with one attached hydrogen (secondary N) is 1. The van der Waals surface area contributed by atoms with Crippen LogP contribution in [0.1, 0.15) is 68.8 Å². The number of hydrogen-bond donors (Lipinski definition) is 1. The minimum Gasteiger partial charge on any atom is -0.465 e. The van der Waals surface area contributed by atoms with Crippen molar-refractivity contribution in [1.82, 2.24) is 10.3 Å². The van der Waals surface area contributed by atoms with Gasteiger partial charge in [0, 0.05) is 5.92 Å². The number of methoxy groups -OCH3 is 1. The molecule has 6 nitrogen and oxygen atoms in total. The Morgan fingerprint density at radius 1 is 1.42 bits per heavy atom. The van der Waals surface area contributed by atoms with Gasteiger partial charge in [-0.2, -0.15) is 0 Å². The molecule has 0 bridgehead atoms. The largest absolute Gasteiger partial charge is 0.465 e. The Balaban J connectivity index is 1.66. The van der Waals surface area contributed by atoms with Crippen molar-refractivity contribution >= 4 is 23.2 Å². The molecule has 2 aromatic heterocycles. The summed E-state index contributed by atoms with van der Waals surface area (Å²) in [6, 6.07) is 1.60. The molecule has 7 heteroatoms. The predicted molar refractivity (Wildman–Crippen MR) is 89.3 cm³/mol. The van der Waals surface area contributed by atoms with Gasteiger partial charge < -0.3 is 14.5 Å². The molecule has 128 valence electrons. The highest BCUT2D eigenvalue weighted by Gasteiger charge is 2.25. The summed E-state index contributed by atoms with van der Waals surface area (Å²) in [5.41, 5.74) is 3.03. The number of carbonyl (C=O) groups excluding carboxylic acids is 2. The van der Waals surface area contributed by atoms with E-state index in [0.29, 0.717) is 27.9 Å². The van der Waals surface area contributed by atoms with Crippen LogP contribution in [0, 0.1) is 6.92 Å². The highest BCUT2D eigenvalue weighted by atomic mass is 32.1. The highest BCUT2D eigenvalue weighted by Crippen LogP contribution is 2.36. The van der Waals surface area contributed by atoms with Crippen LogP contribution in [-0.4, -0.2) is 24.0 Å². The van der Waals surface area contributed by atoms with E-state index < -0.39 is 5.97 Å². The first kappa shape index (κ1) is 16.7. The lowest BCUT2D eigenvalue weighted by atomic mass is 10.0. The van der Waals surface area contributed by atoms with Crippen molar-refractivity contribution in [2.45, 2.75) is 45.1 Å². The minimum absolute atomic E-state index is 0.145. The molecule has 0 aliphatic heterocycles. The molecule has 1 aliphatic rings. The van der Waals surface area contributed by atoms with Gasteiger partial charge in [-0.1, -0.05) is 12.8 Å². The number of ether oxygens (including phenoxy) is 1. The second kappa shape index (κ2) is 7.17. The van der Waals surface area contributed by atoms with E-state index in [1.807, 2.05) is 0 Å². The summed E-state index contributed by atoms with van der Waals surface area (Å²) < 4.78 is 10.2. The molecule has 0 atom stereocenters.